The van der Waals surface area contributed by atoms with Crippen molar-refractivity contribution in [2.75, 3.05) is 13.2 Å². The molecule has 0 aliphatic rings. The van der Waals surface area contributed by atoms with Gasteiger partial charge in [0.15, 0.2) is 0 Å². The molecule has 0 aliphatic carbocycles. The maximum Gasteiger partial charge on any atom is 0.417 e. The lowest BCUT2D eigenvalue weighted by atomic mass is 10.2. The molecule has 0 heterocycles. The monoisotopic (exact) mass is 159 g/mol. The smallest absolute Gasteiger partial charge is 0.417 e. The Balaban J connectivity index is 3.21. The van der Waals surface area contributed by atoms with Crippen molar-refractivity contribution in [3.8, 4) is 0 Å². The summed E-state index contributed by atoms with van der Waals surface area (Å²) in [7, 11) is 0. The molecule has 0 bridgehead atoms. The standard InChI is InChI=1S/C8H15O3/c1-7(2)4-11-8(3)5-10-6-9/h7-8H,4-5H2,1-3H3. The van der Waals surface area contributed by atoms with Crippen LogP contribution in [0.1, 0.15) is 20.8 Å². The van der Waals surface area contributed by atoms with Crippen molar-refractivity contribution in [3.05, 3.63) is 0 Å². The molecule has 3 nitrogen and oxygen atoms in total. The molecule has 0 aromatic rings. The summed E-state index contributed by atoms with van der Waals surface area (Å²) < 4.78 is 9.70. The summed E-state index contributed by atoms with van der Waals surface area (Å²) >= 11 is 0. The summed E-state index contributed by atoms with van der Waals surface area (Å²) in [5.74, 6) is 0.512. The molecule has 1 radical (unpaired) electrons. The normalized spacial score (nSPS) is 13.1. The molecular formula is C8H15O3. The van der Waals surface area contributed by atoms with Gasteiger partial charge in [-0.2, -0.15) is 0 Å². The molecule has 0 spiro atoms. The lowest BCUT2D eigenvalue weighted by molar-refractivity contribution is 0.0145. The molecule has 1 unspecified atom stereocenters. The third-order valence-corrected chi connectivity index (χ3v) is 1.09. The summed E-state index contributed by atoms with van der Waals surface area (Å²) in [6.45, 7) is 8.34. The Morgan fingerprint density at radius 2 is 1.91 bits per heavy atom. The van der Waals surface area contributed by atoms with Gasteiger partial charge in [-0.05, 0) is 12.8 Å². The summed E-state index contributed by atoms with van der Waals surface area (Å²) in [6.07, 6.45) is -0.0288. The number of hydrogen-bond donors (Lipinski definition) is 0. The molecule has 0 saturated heterocycles. The van der Waals surface area contributed by atoms with Gasteiger partial charge in [-0.15, -0.1) is 0 Å². The largest absolute Gasteiger partial charge is 0.455 e. The molecule has 1 atom stereocenters. The first-order valence-electron chi connectivity index (χ1n) is 3.77. The maximum absolute atomic E-state index is 9.64. The van der Waals surface area contributed by atoms with E-state index in [-0.39, 0.29) is 12.7 Å². The molecule has 0 aromatic carbocycles. The van der Waals surface area contributed by atoms with Gasteiger partial charge in [0.05, 0.1) is 6.10 Å². The van der Waals surface area contributed by atoms with Gasteiger partial charge >= 0.3 is 6.47 Å². The Bertz CT molecular complexity index is 102. The number of hydrogen-bond acceptors (Lipinski definition) is 3. The zero-order valence-electron chi connectivity index (χ0n) is 7.29. The first kappa shape index (κ1) is 10.4. The number of carbonyl (C=O) groups excluding carboxylic acids is 1. The third kappa shape index (κ3) is 7.33. The second kappa shape index (κ2) is 6.16. The van der Waals surface area contributed by atoms with Gasteiger partial charge in [0.25, 0.3) is 0 Å². The quantitative estimate of drug-likeness (QED) is 0.582. The fraction of sp³-hybridized carbons (Fsp3) is 0.875. The van der Waals surface area contributed by atoms with Crippen molar-refractivity contribution in [2.24, 2.45) is 5.92 Å². The van der Waals surface area contributed by atoms with Crippen molar-refractivity contribution in [1.82, 2.24) is 0 Å². The van der Waals surface area contributed by atoms with Gasteiger partial charge in [-0.25, -0.2) is 4.79 Å². The van der Waals surface area contributed by atoms with E-state index in [0.29, 0.717) is 12.5 Å². The molecular weight excluding hydrogens is 144 g/mol. The first-order chi connectivity index (χ1) is 5.16. The average molecular weight is 159 g/mol. The van der Waals surface area contributed by atoms with Gasteiger partial charge in [0, 0.05) is 6.61 Å². The van der Waals surface area contributed by atoms with Crippen molar-refractivity contribution in [3.63, 3.8) is 0 Å². The number of ether oxygens (including phenoxy) is 2. The second-order valence-electron chi connectivity index (χ2n) is 2.93. The molecule has 0 rings (SSSR count). The van der Waals surface area contributed by atoms with Crippen LogP contribution in [0.5, 0.6) is 0 Å². The molecule has 0 N–H and O–H groups in total. The van der Waals surface area contributed by atoms with Crippen LogP contribution in [0.25, 0.3) is 0 Å². The lowest BCUT2D eigenvalue weighted by Crippen LogP contribution is -2.18. The van der Waals surface area contributed by atoms with E-state index in [1.54, 1.807) is 0 Å². The molecule has 11 heavy (non-hydrogen) atoms. The molecule has 0 amide bonds. The fourth-order valence-corrected chi connectivity index (χ4v) is 0.556. The average Bonchev–Trinajstić information content (AvgIpc) is 1.97. The van der Waals surface area contributed by atoms with Crippen LogP contribution in [0.15, 0.2) is 0 Å². The van der Waals surface area contributed by atoms with Crippen LogP contribution in [-0.4, -0.2) is 25.8 Å². The van der Waals surface area contributed by atoms with Gasteiger partial charge in [0.2, 0.25) is 0 Å². The van der Waals surface area contributed by atoms with Gasteiger partial charge in [0.1, 0.15) is 6.61 Å². The SMILES string of the molecule is CC(C)COC(C)CO[C]=O. The highest BCUT2D eigenvalue weighted by Gasteiger charge is 2.03. The summed E-state index contributed by atoms with van der Waals surface area (Å²) in [4.78, 5) is 9.64. The summed E-state index contributed by atoms with van der Waals surface area (Å²) in [5, 5.41) is 0. The van der Waals surface area contributed by atoms with E-state index in [4.69, 9.17) is 4.74 Å². The zero-order valence-corrected chi connectivity index (χ0v) is 7.29. The maximum atomic E-state index is 9.64. The van der Waals surface area contributed by atoms with E-state index in [1.807, 2.05) is 6.92 Å². The van der Waals surface area contributed by atoms with E-state index < -0.39 is 0 Å². The highest BCUT2D eigenvalue weighted by Crippen LogP contribution is 1.97. The Morgan fingerprint density at radius 1 is 1.27 bits per heavy atom. The van der Waals surface area contributed by atoms with E-state index in [1.165, 1.54) is 6.47 Å². The topological polar surface area (TPSA) is 35.5 Å². The highest BCUT2D eigenvalue weighted by molar-refractivity contribution is 5.38. The third-order valence-electron chi connectivity index (χ3n) is 1.09. The molecule has 0 aromatic heterocycles. The van der Waals surface area contributed by atoms with Gasteiger partial charge < -0.3 is 9.47 Å². The van der Waals surface area contributed by atoms with Crippen LogP contribution in [0.2, 0.25) is 0 Å². The lowest BCUT2D eigenvalue weighted by Gasteiger charge is -2.12. The van der Waals surface area contributed by atoms with Crippen LogP contribution in [0, 0.1) is 5.92 Å². The molecule has 3 heteroatoms. The highest BCUT2D eigenvalue weighted by atomic mass is 16.6. The Kier molecular flexibility index (Phi) is 5.84. The Labute approximate surface area is 67.7 Å². The van der Waals surface area contributed by atoms with E-state index in [0.717, 1.165) is 0 Å². The zero-order chi connectivity index (χ0) is 8.69. The Morgan fingerprint density at radius 3 is 2.36 bits per heavy atom. The van der Waals surface area contributed by atoms with E-state index in [2.05, 4.69) is 18.6 Å². The minimum Gasteiger partial charge on any atom is -0.455 e. The van der Waals surface area contributed by atoms with E-state index in [9.17, 15) is 4.79 Å². The summed E-state index contributed by atoms with van der Waals surface area (Å²) in [6, 6.07) is 0. The van der Waals surface area contributed by atoms with Crippen molar-refractivity contribution < 1.29 is 14.3 Å². The summed E-state index contributed by atoms with van der Waals surface area (Å²) in [5.41, 5.74) is 0. The molecule has 0 fully saturated rings. The molecule has 65 valence electrons. The molecule has 0 saturated carbocycles. The van der Waals surface area contributed by atoms with Crippen LogP contribution < -0.4 is 0 Å². The van der Waals surface area contributed by atoms with Crippen molar-refractivity contribution >= 4 is 6.47 Å². The predicted octanol–water partition coefficient (Wildman–Crippen LogP) is 1.13. The van der Waals surface area contributed by atoms with Crippen LogP contribution in [0.3, 0.4) is 0 Å². The minimum absolute atomic E-state index is 0.0288. The fourth-order valence-electron chi connectivity index (χ4n) is 0.556. The van der Waals surface area contributed by atoms with Gasteiger partial charge in [-0.3, -0.25) is 0 Å². The van der Waals surface area contributed by atoms with Crippen LogP contribution in [0.4, 0.5) is 0 Å². The van der Waals surface area contributed by atoms with E-state index >= 15 is 0 Å². The van der Waals surface area contributed by atoms with Crippen LogP contribution >= 0.6 is 0 Å². The van der Waals surface area contributed by atoms with Crippen molar-refractivity contribution in [2.45, 2.75) is 26.9 Å². The van der Waals surface area contributed by atoms with Crippen LogP contribution in [-0.2, 0) is 14.3 Å². The first-order valence-corrected chi connectivity index (χ1v) is 3.77. The van der Waals surface area contributed by atoms with Crippen molar-refractivity contribution in [1.29, 1.82) is 0 Å². The Hall–Kier alpha value is -0.570. The van der Waals surface area contributed by atoms with Gasteiger partial charge in [-0.1, -0.05) is 13.8 Å². The predicted molar refractivity (Wildman–Crippen MR) is 41.9 cm³/mol. The molecule has 0 aliphatic heterocycles. The second-order valence-corrected chi connectivity index (χ2v) is 2.93. The minimum atomic E-state index is -0.0288. The number of rotatable bonds is 6.